The van der Waals surface area contributed by atoms with Gasteiger partial charge in [-0.05, 0) is 31.6 Å². The van der Waals surface area contributed by atoms with Crippen LogP contribution in [0.2, 0.25) is 0 Å². The summed E-state index contributed by atoms with van der Waals surface area (Å²) in [6.07, 6.45) is 3.24. The van der Waals surface area contributed by atoms with Gasteiger partial charge in [0.25, 0.3) is 0 Å². The van der Waals surface area contributed by atoms with Gasteiger partial charge in [0.05, 0.1) is 0 Å². The van der Waals surface area contributed by atoms with Crippen molar-refractivity contribution in [1.29, 1.82) is 0 Å². The largest absolute Gasteiger partial charge is 0.480 e. The molecule has 6 nitrogen and oxygen atoms in total. The monoisotopic (exact) mass is 269 g/mol. The topological polar surface area (TPSA) is 86.9 Å². The van der Waals surface area contributed by atoms with E-state index in [2.05, 4.69) is 0 Å². The molecule has 3 unspecified atom stereocenters. The summed E-state index contributed by atoms with van der Waals surface area (Å²) in [5.74, 6) is -0.546. The minimum atomic E-state index is -0.902. The quantitative estimate of drug-likeness (QED) is 0.734. The molecule has 108 valence electrons. The zero-order valence-electron chi connectivity index (χ0n) is 11.4. The molecule has 3 atom stereocenters. The Labute approximate surface area is 113 Å². The van der Waals surface area contributed by atoms with Gasteiger partial charge in [-0.1, -0.05) is 6.92 Å². The molecule has 0 bridgehead atoms. The predicted molar refractivity (Wildman–Crippen MR) is 70.7 cm³/mol. The van der Waals surface area contributed by atoms with Gasteiger partial charge in [-0.3, -0.25) is 0 Å². The molecular formula is C13H23N3O3. The molecule has 0 aromatic heterocycles. The average molecular weight is 269 g/mol. The first-order valence-corrected chi connectivity index (χ1v) is 7.03. The van der Waals surface area contributed by atoms with E-state index < -0.39 is 12.0 Å². The maximum atomic E-state index is 12.5. The highest BCUT2D eigenvalue weighted by Gasteiger charge is 2.37. The van der Waals surface area contributed by atoms with Crippen LogP contribution in [0.1, 0.15) is 32.6 Å². The van der Waals surface area contributed by atoms with E-state index in [1.54, 1.807) is 4.90 Å². The van der Waals surface area contributed by atoms with E-state index in [1.165, 1.54) is 4.90 Å². The number of carbonyl (C=O) groups excluding carboxylic acids is 1. The molecular weight excluding hydrogens is 246 g/mol. The first-order valence-electron chi connectivity index (χ1n) is 7.03. The lowest BCUT2D eigenvalue weighted by molar-refractivity contribution is -0.144. The number of carbonyl (C=O) groups is 2. The molecule has 2 amide bonds. The van der Waals surface area contributed by atoms with E-state index >= 15 is 0 Å². The van der Waals surface area contributed by atoms with E-state index in [0.29, 0.717) is 32.0 Å². The molecule has 19 heavy (non-hydrogen) atoms. The van der Waals surface area contributed by atoms with Crippen molar-refractivity contribution < 1.29 is 14.7 Å². The Morgan fingerprint density at radius 3 is 2.63 bits per heavy atom. The van der Waals surface area contributed by atoms with Crippen molar-refractivity contribution in [3.8, 4) is 0 Å². The Hall–Kier alpha value is -1.30. The number of rotatable bonds is 1. The van der Waals surface area contributed by atoms with Crippen LogP contribution in [0.4, 0.5) is 4.79 Å². The lowest BCUT2D eigenvalue weighted by atomic mass is 9.92. The summed E-state index contributed by atoms with van der Waals surface area (Å²) in [7, 11) is 0. The smallest absolute Gasteiger partial charge is 0.326 e. The van der Waals surface area contributed by atoms with E-state index in [0.717, 1.165) is 19.3 Å². The van der Waals surface area contributed by atoms with Gasteiger partial charge in [-0.2, -0.15) is 0 Å². The molecule has 0 radical (unpaired) electrons. The number of urea groups is 1. The molecule has 2 rings (SSSR count). The Balaban J connectivity index is 2.05. The van der Waals surface area contributed by atoms with Crippen molar-refractivity contribution in [2.45, 2.75) is 44.7 Å². The van der Waals surface area contributed by atoms with Crippen LogP contribution in [-0.4, -0.2) is 58.6 Å². The van der Waals surface area contributed by atoms with Crippen molar-refractivity contribution in [2.24, 2.45) is 11.7 Å². The van der Waals surface area contributed by atoms with E-state index in [9.17, 15) is 14.7 Å². The van der Waals surface area contributed by atoms with Gasteiger partial charge in [0.2, 0.25) is 0 Å². The van der Waals surface area contributed by atoms with Crippen LogP contribution >= 0.6 is 0 Å². The lowest BCUT2D eigenvalue weighted by Crippen LogP contribution is -2.57. The average Bonchev–Trinajstić information content (AvgIpc) is 2.37. The summed E-state index contributed by atoms with van der Waals surface area (Å²) < 4.78 is 0. The summed E-state index contributed by atoms with van der Waals surface area (Å²) in [6.45, 7) is 3.79. The summed E-state index contributed by atoms with van der Waals surface area (Å²) in [4.78, 5) is 27.0. The maximum Gasteiger partial charge on any atom is 0.326 e. The third kappa shape index (κ3) is 3.18. The van der Waals surface area contributed by atoms with Gasteiger partial charge in [0.1, 0.15) is 6.04 Å². The van der Waals surface area contributed by atoms with Crippen molar-refractivity contribution >= 4 is 12.0 Å². The first-order chi connectivity index (χ1) is 8.99. The summed E-state index contributed by atoms with van der Waals surface area (Å²) >= 11 is 0. The molecule has 0 saturated carbocycles. The predicted octanol–water partition coefficient (Wildman–Crippen LogP) is 0.715. The van der Waals surface area contributed by atoms with Crippen molar-refractivity contribution in [1.82, 2.24) is 9.80 Å². The minimum absolute atomic E-state index is 0.0182. The third-order valence-corrected chi connectivity index (χ3v) is 4.12. The highest BCUT2D eigenvalue weighted by Crippen LogP contribution is 2.24. The molecule has 6 heteroatoms. The molecule has 2 aliphatic rings. The number of aliphatic carboxylic acids is 1. The number of carboxylic acids is 1. The molecule has 0 aliphatic carbocycles. The molecule has 2 aliphatic heterocycles. The van der Waals surface area contributed by atoms with Gasteiger partial charge in [-0.15, -0.1) is 0 Å². The first kappa shape index (κ1) is 14.1. The Bertz CT molecular complexity index is 361. The van der Waals surface area contributed by atoms with Crippen LogP contribution < -0.4 is 5.73 Å². The van der Waals surface area contributed by atoms with E-state index in [1.807, 2.05) is 6.92 Å². The zero-order valence-corrected chi connectivity index (χ0v) is 11.4. The highest BCUT2D eigenvalue weighted by atomic mass is 16.4. The minimum Gasteiger partial charge on any atom is -0.480 e. The van der Waals surface area contributed by atoms with Gasteiger partial charge in [0, 0.05) is 25.7 Å². The second-order valence-electron chi connectivity index (χ2n) is 5.81. The molecule has 2 fully saturated rings. The standard InChI is InChI=1S/C13H23N3O3/c1-9-4-6-16(11(7-9)12(17)18)13(19)15-5-2-3-10(14)8-15/h9-11H,2-8,14H2,1H3,(H,17,18). The van der Waals surface area contributed by atoms with Crippen LogP contribution in [0.3, 0.4) is 0 Å². The highest BCUT2D eigenvalue weighted by molar-refractivity contribution is 5.83. The van der Waals surface area contributed by atoms with Crippen LogP contribution in [0.25, 0.3) is 0 Å². The Kier molecular flexibility index (Phi) is 4.29. The number of nitrogens with two attached hydrogens (primary N) is 1. The summed E-state index contributed by atoms with van der Waals surface area (Å²) in [5, 5.41) is 9.29. The van der Waals surface area contributed by atoms with Crippen LogP contribution in [0.15, 0.2) is 0 Å². The van der Waals surface area contributed by atoms with Crippen molar-refractivity contribution in [3.63, 3.8) is 0 Å². The van der Waals surface area contributed by atoms with Crippen molar-refractivity contribution in [3.05, 3.63) is 0 Å². The molecule has 2 heterocycles. The summed E-state index contributed by atoms with van der Waals surface area (Å²) in [6, 6.07) is -0.825. The van der Waals surface area contributed by atoms with Gasteiger partial charge in [0.15, 0.2) is 0 Å². The van der Waals surface area contributed by atoms with Crippen LogP contribution in [-0.2, 0) is 4.79 Å². The fourth-order valence-corrected chi connectivity index (χ4v) is 2.97. The summed E-state index contributed by atoms with van der Waals surface area (Å²) in [5.41, 5.74) is 5.88. The number of amides is 2. The van der Waals surface area contributed by atoms with Crippen LogP contribution in [0, 0.1) is 5.92 Å². The lowest BCUT2D eigenvalue weighted by Gasteiger charge is -2.41. The number of piperidine rings is 2. The Morgan fingerprint density at radius 2 is 2.00 bits per heavy atom. The fourth-order valence-electron chi connectivity index (χ4n) is 2.97. The van der Waals surface area contributed by atoms with Gasteiger partial charge in [-0.25, -0.2) is 9.59 Å². The second-order valence-corrected chi connectivity index (χ2v) is 5.81. The third-order valence-electron chi connectivity index (χ3n) is 4.12. The number of carboxylic acid groups (broad SMARTS) is 1. The van der Waals surface area contributed by atoms with E-state index in [-0.39, 0.29) is 12.1 Å². The van der Waals surface area contributed by atoms with Gasteiger partial charge < -0.3 is 20.6 Å². The SMILES string of the molecule is CC1CCN(C(=O)N2CCCC(N)C2)C(C(=O)O)C1. The van der Waals surface area contributed by atoms with Crippen molar-refractivity contribution in [2.75, 3.05) is 19.6 Å². The zero-order chi connectivity index (χ0) is 14.0. The maximum absolute atomic E-state index is 12.5. The number of likely N-dealkylation sites (tertiary alicyclic amines) is 2. The fraction of sp³-hybridized carbons (Fsp3) is 0.846. The normalized spacial score (nSPS) is 32.2. The molecule has 0 spiro atoms. The van der Waals surface area contributed by atoms with E-state index in [4.69, 9.17) is 5.73 Å². The molecule has 2 saturated heterocycles. The Morgan fingerprint density at radius 1 is 1.26 bits per heavy atom. The number of hydrogen-bond donors (Lipinski definition) is 2. The number of hydrogen-bond acceptors (Lipinski definition) is 3. The molecule has 0 aromatic carbocycles. The molecule has 0 aromatic rings. The molecule has 3 N–H and O–H groups in total. The van der Waals surface area contributed by atoms with Crippen LogP contribution in [0.5, 0.6) is 0 Å². The van der Waals surface area contributed by atoms with Gasteiger partial charge >= 0.3 is 12.0 Å². The number of nitrogens with zero attached hydrogens (tertiary/aromatic N) is 2. The second kappa shape index (κ2) is 5.77.